The van der Waals surface area contributed by atoms with Crippen molar-refractivity contribution in [3.8, 4) is 6.07 Å². The maximum absolute atomic E-state index is 11.2. The highest BCUT2D eigenvalue weighted by molar-refractivity contribution is 5.82. The van der Waals surface area contributed by atoms with E-state index >= 15 is 0 Å². The molecule has 0 aromatic carbocycles. The van der Waals surface area contributed by atoms with Gasteiger partial charge in [0.25, 0.3) is 0 Å². The van der Waals surface area contributed by atoms with Crippen LogP contribution in [-0.4, -0.2) is 24.4 Å². The molecule has 5 nitrogen and oxygen atoms in total. The van der Waals surface area contributed by atoms with Gasteiger partial charge in [-0.25, -0.2) is 0 Å². The first-order valence-corrected chi connectivity index (χ1v) is 5.10. The molecule has 15 heavy (non-hydrogen) atoms. The second-order valence-electron chi connectivity index (χ2n) is 3.73. The van der Waals surface area contributed by atoms with Gasteiger partial charge in [-0.05, 0) is 19.8 Å². The topological polar surface area (TPSA) is 82.0 Å². The fraction of sp³-hybridized carbons (Fsp3) is 0.700. The van der Waals surface area contributed by atoms with Crippen molar-refractivity contribution in [2.45, 2.75) is 32.2 Å². The summed E-state index contributed by atoms with van der Waals surface area (Å²) in [6.07, 6.45) is 2.40. The highest BCUT2D eigenvalue weighted by Gasteiger charge is 2.22. The number of nitriles is 1. The molecular weight excluding hydrogens is 194 g/mol. The lowest BCUT2D eigenvalue weighted by molar-refractivity contribution is -0.123. The van der Waals surface area contributed by atoms with Gasteiger partial charge in [0.1, 0.15) is 5.92 Å². The van der Waals surface area contributed by atoms with Gasteiger partial charge in [-0.1, -0.05) is 0 Å². The lowest BCUT2D eigenvalue weighted by Gasteiger charge is -2.06. The first-order valence-electron chi connectivity index (χ1n) is 5.10. The van der Waals surface area contributed by atoms with Gasteiger partial charge in [-0.2, -0.15) is 5.26 Å². The van der Waals surface area contributed by atoms with E-state index in [1.165, 1.54) is 6.92 Å². The Labute approximate surface area is 88.8 Å². The molecule has 0 saturated heterocycles. The number of amides is 2. The number of nitrogens with one attached hydrogen (secondary N) is 2. The summed E-state index contributed by atoms with van der Waals surface area (Å²) in [5.41, 5.74) is 0. The van der Waals surface area contributed by atoms with Gasteiger partial charge in [-0.15, -0.1) is 0 Å². The normalized spacial score (nSPS) is 16.3. The van der Waals surface area contributed by atoms with Crippen molar-refractivity contribution in [2.24, 2.45) is 5.92 Å². The molecule has 5 heteroatoms. The molecule has 1 aliphatic rings. The van der Waals surface area contributed by atoms with Gasteiger partial charge in [0.05, 0.1) is 6.07 Å². The highest BCUT2D eigenvalue weighted by Crippen LogP contribution is 2.18. The zero-order chi connectivity index (χ0) is 11.3. The number of carbonyl (C=O) groups is 2. The summed E-state index contributed by atoms with van der Waals surface area (Å²) >= 11 is 0. The smallest absolute Gasteiger partial charge is 0.237 e. The zero-order valence-corrected chi connectivity index (χ0v) is 8.75. The molecule has 0 aliphatic heterocycles. The number of hydrogen-bond acceptors (Lipinski definition) is 3. The molecule has 0 radical (unpaired) electrons. The lowest BCUT2D eigenvalue weighted by Crippen LogP contribution is -2.33. The van der Waals surface area contributed by atoms with Gasteiger partial charge in [0, 0.05) is 19.0 Å². The monoisotopic (exact) mass is 209 g/mol. The average molecular weight is 209 g/mol. The van der Waals surface area contributed by atoms with Crippen molar-refractivity contribution in [3.05, 3.63) is 0 Å². The van der Waals surface area contributed by atoms with Crippen LogP contribution in [0, 0.1) is 17.2 Å². The minimum Gasteiger partial charge on any atom is -0.354 e. The van der Waals surface area contributed by atoms with E-state index in [1.54, 1.807) is 0 Å². The van der Waals surface area contributed by atoms with Crippen molar-refractivity contribution in [1.82, 2.24) is 10.6 Å². The van der Waals surface area contributed by atoms with Crippen LogP contribution in [0.4, 0.5) is 0 Å². The van der Waals surface area contributed by atoms with Crippen LogP contribution in [0.5, 0.6) is 0 Å². The van der Waals surface area contributed by atoms with Crippen LogP contribution in [0.2, 0.25) is 0 Å². The Morgan fingerprint density at radius 2 is 2.20 bits per heavy atom. The standard InChI is InChI=1S/C10H15N3O2/c1-7(6-11)10(15)12-5-4-9(14)13-8-2-3-8/h7-8H,2-5H2,1H3,(H,12,15)(H,13,14). The van der Waals surface area contributed by atoms with Crippen LogP contribution in [0.3, 0.4) is 0 Å². The Bertz CT molecular complexity index is 292. The molecule has 0 spiro atoms. The molecule has 1 atom stereocenters. The molecule has 1 fully saturated rings. The minimum atomic E-state index is -0.656. The largest absolute Gasteiger partial charge is 0.354 e. The molecule has 0 aromatic rings. The SMILES string of the molecule is CC(C#N)C(=O)NCCC(=O)NC1CC1. The summed E-state index contributed by atoms with van der Waals surface area (Å²) in [5.74, 6) is -1.02. The van der Waals surface area contributed by atoms with Crippen LogP contribution in [0.15, 0.2) is 0 Å². The van der Waals surface area contributed by atoms with Crippen molar-refractivity contribution >= 4 is 11.8 Å². The third-order valence-corrected chi connectivity index (χ3v) is 2.18. The van der Waals surface area contributed by atoms with Crippen molar-refractivity contribution in [2.75, 3.05) is 6.54 Å². The van der Waals surface area contributed by atoms with E-state index in [0.717, 1.165) is 12.8 Å². The van der Waals surface area contributed by atoms with Crippen LogP contribution in [0.25, 0.3) is 0 Å². The minimum absolute atomic E-state index is 0.0394. The number of rotatable bonds is 5. The van der Waals surface area contributed by atoms with Gasteiger partial charge in [0.15, 0.2) is 0 Å². The summed E-state index contributed by atoms with van der Waals surface area (Å²) in [6, 6.07) is 2.19. The van der Waals surface area contributed by atoms with Crippen molar-refractivity contribution < 1.29 is 9.59 Å². The van der Waals surface area contributed by atoms with Crippen LogP contribution in [0.1, 0.15) is 26.2 Å². The third kappa shape index (κ3) is 4.45. The van der Waals surface area contributed by atoms with Gasteiger partial charge in [0.2, 0.25) is 11.8 Å². The first kappa shape index (κ1) is 11.5. The highest BCUT2D eigenvalue weighted by atomic mass is 16.2. The number of carbonyl (C=O) groups excluding carboxylic acids is 2. The molecule has 1 rings (SSSR count). The Kier molecular flexibility index (Phi) is 4.10. The van der Waals surface area contributed by atoms with E-state index in [0.29, 0.717) is 12.6 Å². The van der Waals surface area contributed by atoms with E-state index in [9.17, 15) is 9.59 Å². The Balaban J connectivity index is 2.07. The maximum Gasteiger partial charge on any atom is 0.237 e. The third-order valence-electron chi connectivity index (χ3n) is 2.18. The summed E-state index contributed by atoms with van der Waals surface area (Å²) in [4.78, 5) is 22.3. The second kappa shape index (κ2) is 5.35. The Morgan fingerprint density at radius 1 is 1.53 bits per heavy atom. The summed E-state index contributed by atoms with van der Waals surface area (Å²) in [6.45, 7) is 1.82. The molecule has 2 N–H and O–H groups in total. The molecule has 0 aromatic heterocycles. The Morgan fingerprint density at radius 3 is 2.73 bits per heavy atom. The molecule has 1 saturated carbocycles. The van der Waals surface area contributed by atoms with Gasteiger partial charge >= 0.3 is 0 Å². The van der Waals surface area contributed by atoms with E-state index < -0.39 is 5.92 Å². The van der Waals surface area contributed by atoms with Crippen LogP contribution < -0.4 is 10.6 Å². The maximum atomic E-state index is 11.2. The van der Waals surface area contributed by atoms with Crippen molar-refractivity contribution in [1.29, 1.82) is 5.26 Å². The fourth-order valence-corrected chi connectivity index (χ4v) is 1.04. The number of hydrogen-bond donors (Lipinski definition) is 2. The van der Waals surface area contributed by atoms with E-state index in [4.69, 9.17) is 5.26 Å². The summed E-state index contributed by atoms with van der Waals surface area (Å²) in [5, 5.41) is 13.8. The predicted octanol–water partition coefficient (Wildman–Crippen LogP) is -0.0690. The van der Waals surface area contributed by atoms with E-state index in [2.05, 4.69) is 10.6 Å². The van der Waals surface area contributed by atoms with Crippen LogP contribution in [-0.2, 0) is 9.59 Å². The molecule has 1 unspecified atom stereocenters. The Hall–Kier alpha value is -1.57. The van der Waals surface area contributed by atoms with Gasteiger partial charge < -0.3 is 10.6 Å². The summed E-state index contributed by atoms with van der Waals surface area (Å²) in [7, 11) is 0. The molecule has 0 heterocycles. The van der Waals surface area contributed by atoms with Crippen LogP contribution >= 0.6 is 0 Å². The first-order chi connectivity index (χ1) is 7.13. The van der Waals surface area contributed by atoms with Gasteiger partial charge in [-0.3, -0.25) is 9.59 Å². The molecule has 1 aliphatic carbocycles. The van der Waals surface area contributed by atoms with Crippen molar-refractivity contribution in [3.63, 3.8) is 0 Å². The summed E-state index contributed by atoms with van der Waals surface area (Å²) < 4.78 is 0. The quantitative estimate of drug-likeness (QED) is 0.665. The molecule has 0 bridgehead atoms. The average Bonchev–Trinajstić information content (AvgIpc) is 3.00. The number of nitrogens with zero attached hydrogens (tertiary/aromatic N) is 1. The lowest BCUT2D eigenvalue weighted by atomic mass is 10.2. The molecule has 2 amide bonds. The van der Waals surface area contributed by atoms with E-state index in [-0.39, 0.29) is 18.2 Å². The van der Waals surface area contributed by atoms with E-state index in [1.807, 2.05) is 6.07 Å². The predicted molar refractivity (Wildman–Crippen MR) is 53.6 cm³/mol. The fourth-order valence-electron chi connectivity index (χ4n) is 1.04. The second-order valence-corrected chi connectivity index (χ2v) is 3.73. The zero-order valence-electron chi connectivity index (χ0n) is 8.75. The molecule has 82 valence electrons. The molecular formula is C10H15N3O2.